The molecule has 0 radical (unpaired) electrons. The van der Waals surface area contributed by atoms with Gasteiger partial charge in [0.1, 0.15) is 5.75 Å². The number of methoxy groups -OCH3 is 1. The smallest absolute Gasteiger partial charge is 0.273 e. The minimum absolute atomic E-state index is 0.0124. The van der Waals surface area contributed by atoms with Crippen molar-refractivity contribution in [2.45, 2.75) is 44.9 Å². The van der Waals surface area contributed by atoms with Gasteiger partial charge in [0.05, 0.1) is 47.7 Å². The van der Waals surface area contributed by atoms with Crippen LogP contribution in [0.2, 0.25) is 0 Å². The fraction of sp³-hybridized carbons (Fsp3) is 0.385. The number of aryl methyl sites for hydroxylation is 1. The zero-order valence-corrected chi connectivity index (χ0v) is 21.3. The Bertz CT molecular complexity index is 1290. The molecule has 36 heavy (non-hydrogen) atoms. The normalized spacial score (nSPS) is 21.6. The van der Waals surface area contributed by atoms with Crippen molar-refractivity contribution in [2.24, 2.45) is 0 Å². The number of nitro groups is 1. The molecular weight excluding hydrogens is 478 g/mol. The van der Waals surface area contributed by atoms with Crippen molar-refractivity contribution in [3.8, 4) is 11.4 Å². The number of thiocarbonyl (C=S) groups is 1. The Morgan fingerprint density at radius 1 is 1.28 bits per heavy atom. The van der Waals surface area contributed by atoms with E-state index in [1.165, 1.54) is 19.2 Å². The van der Waals surface area contributed by atoms with Gasteiger partial charge in [-0.15, -0.1) is 0 Å². The maximum absolute atomic E-state index is 11.3. The molecule has 2 aliphatic rings. The molecule has 3 atom stereocenters. The monoisotopic (exact) mass is 507 g/mol. The van der Waals surface area contributed by atoms with Crippen LogP contribution in [0.5, 0.6) is 5.75 Å². The number of hydrogen-bond acceptors (Lipinski definition) is 6. The molecule has 2 fully saturated rings. The SMILES string of the molecule is COc1cc([N+](=O)[O-])ccc1-n1c(C)cc([C@@H]2[C@H](c3ccccn3)NC(=S)N2C[C@H]2CCCO2)c1C. The van der Waals surface area contributed by atoms with Crippen molar-refractivity contribution in [3.05, 3.63) is 81.4 Å². The van der Waals surface area contributed by atoms with Gasteiger partial charge < -0.3 is 24.3 Å². The van der Waals surface area contributed by atoms with Gasteiger partial charge in [-0.25, -0.2) is 0 Å². The fourth-order valence-electron chi connectivity index (χ4n) is 5.37. The molecule has 5 rings (SSSR count). The predicted octanol–water partition coefficient (Wildman–Crippen LogP) is 4.56. The van der Waals surface area contributed by atoms with Gasteiger partial charge in [-0.2, -0.15) is 0 Å². The number of non-ortho nitro benzene ring substituents is 1. The molecule has 10 heteroatoms. The van der Waals surface area contributed by atoms with Crippen LogP contribution in [0.25, 0.3) is 5.69 Å². The summed E-state index contributed by atoms with van der Waals surface area (Å²) in [5.41, 5.74) is 4.75. The van der Waals surface area contributed by atoms with Crippen LogP contribution in [0.15, 0.2) is 48.7 Å². The standard InChI is InChI=1S/C26H29N5O4S/c1-16-13-20(17(2)30(16)22-10-9-18(31(32)33)14-23(22)34-3)25-24(21-8-4-5-11-27-21)28-26(36)29(25)15-19-7-6-12-35-19/h4-5,8-11,13-14,19,24-25H,6-7,12,15H2,1-3H3,(H,28,36)/t19-,24+,25-/m1/s1. The molecule has 1 N–H and O–H groups in total. The highest BCUT2D eigenvalue weighted by molar-refractivity contribution is 7.80. The molecule has 0 aliphatic carbocycles. The van der Waals surface area contributed by atoms with E-state index >= 15 is 0 Å². The molecule has 1 aromatic carbocycles. The van der Waals surface area contributed by atoms with Crippen molar-refractivity contribution in [3.63, 3.8) is 0 Å². The van der Waals surface area contributed by atoms with E-state index in [0.29, 0.717) is 17.4 Å². The van der Waals surface area contributed by atoms with Crippen LogP contribution in [-0.2, 0) is 4.74 Å². The summed E-state index contributed by atoms with van der Waals surface area (Å²) >= 11 is 5.82. The zero-order valence-electron chi connectivity index (χ0n) is 20.5. The van der Waals surface area contributed by atoms with Crippen LogP contribution in [0.1, 0.15) is 47.6 Å². The first-order valence-electron chi connectivity index (χ1n) is 12.0. The second-order valence-corrected chi connectivity index (χ2v) is 9.58. The summed E-state index contributed by atoms with van der Waals surface area (Å²) in [4.78, 5) is 17.8. The van der Waals surface area contributed by atoms with E-state index < -0.39 is 4.92 Å². The van der Waals surface area contributed by atoms with Gasteiger partial charge >= 0.3 is 0 Å². The molecule has 3 aromatic rings. The van der Waals surface area contributed by atoms with Crippen LogP contribution in [-0.4, -0.2) is 50.9 Å². The third-order valence-electron chi connectivity index (χ3n) is 7.03. The van der Waals surface area contributed by atoms with Gasteiger partial charge in [-0.1, -0.05) is 6.07 Å². The number of rotatable bonds is 7. The van der Waals surface area contributed by atoms with Crippen LogP contribution in [0.3, 0.4) is 0 Å². The van der Waals surface area contributed by atoms with E-state index in [-0.39, 0.29) is 23.9 Å². The second-order valence-electron chi connectivity index (χ2n) is 9.19. The summed E-state index contributed by atoms with van der Waals surface area (Å²) in [5.74, 6) is 0.440. The molecule has 0 bridgehead atoms. The fourth-order valence-corrected chi connectivity index (χ4v) is 5.69. The zero-order chi connectivity index (χ0) is 25.4. The summed E-state index contributed by atoms with van der Waals surface area (Å²) < 4.78 is 13.6. The Morgan fingerprint density at radius 3 is 2.78 bits per heavy atom. The van der Waals surface area contributed by atoms with E-state index in [1.54, 1.807) is 12.3 Å². The Hall–Kier alpha value is -3.50. The average Bonchev–Trinajstić information content (AvgIpc) is 3.58. The van der Waals surface area contributed by atoms with Gasteiger partial charge in [0, 0.05) is 36.8 Å². The van der Waals surface area contributed by atoms with Crippen LogP contribution in [0.4, 0.5) is 5.69 Å². The van der Waals surface area contributed by atoms with Crippen LogP contribution in [0, 0.1) is 24.0 Å². The number of benzene rings is 1. The average molecular weight is 508 g/mol. The molecule has 4 heterocycles. The van der Waals surface area contributed by atoms with Gasteiger partial charge in [-0.05, 0) is 68.7 Å². The van der Waals surface area contributed by atoms with Gasteiger partial charge in [0.15, 0.2) is 5.11 Å². The largest absolute Gasteiger partial charge is 0.494 e. The lowest BCUT2D eigenvalue weighted by atomic mass is 9.96. The van der Waals surface area contributed by atoms with Crippen molar-refractivity contribution >= 4 is 23.0 Å². The highest BCUT2D eigenvalue weighted by Crippen LogP contribution is 2.42. The minimum Gasteiger partial charge on any atom is -0.494 e. The number of nitrogens with one attached hydrogen (secondary N) is 1. The molecule has 0 amide bonds. The first-order valence-corrected chi connectivity index (χ1v) is 12.4. The first kappa shape index (κ1) is 24.2. The molecule has 0 spiro atoms. The summed E-state index contributed by atoms with van der Waals surface area (Å²) in [6.45, 7) is 5.56. The van der Waals surface area contributed by atoms with Crippen molar-refractivity contribution in [1.29, 1.82) is 0 Å². The Kier molecular flexibility index (Phi) is 6.63. The second kappa shape index (κ2) is 9.87. The summed E-state index contributed by atoms with van der Waals surface area (Å²) in [5, 5.41) is 15.5. The number of nitrogens with zero attached hydrogens (tertiary/aromatic N) is 4. The lowest BCUT2D eigenvalue weighted by molar-refractivity contribution is -0.384. The molecule has 0 unspecified atom stereocenters. The van der Waals surface area contributed by atoms with E-state index in [4.69, 9.17) is 21.7 Å². The number of aromatic nitrogens is 2. The topological polar surface area (TPSA) is 94.7 Å². The lowest BCUT2D eigenvalue weighted by Crippen LogP contribution is -2.36. The Balaban J connectivity index is 1.61. The highest BCUT2D eigenvalue weighted by atomic mass is 32.1. The number of nitro benzene ring substituents is 1. The van der Waals surface area contributed by atoms with Gasteiger partial charge in [-0.3, -0.25) is 15.1 Å². The van der Waals surface area contributed by atoms with Crippen molar-refractivity contribution in [1.82, 2.24) is 19.8 Å². The van der Waals surface area contributed by atoms with Gasteiger partial charge in [0.25, 0.3) is 5.69 Å². The third kappa shape index (κ3) is 4.31. The number of pyridine rings is 1. The third-order valence-corrected chi connectivity index (χ3v) is 7.38. The summed E-state index contributed by atoms with van der Waals surface area (Å²) in [6, 6.07) is 12.5. The lowest BCUT2D eigenvalue weighted by Gasteiger charge is -2.30. The number of ether oxygens (including phenoxy) is 2. The molecular formula is C26H29N5O4S. The van der Waals surface area contributed by atoms with E-state index in [0.717, 1.165) is 47.8 Å². The molecule has 2 saturated heterocycles. The molecule has 188 valence electrons. The maximum atomic E-state index is 11.3. The molecule has 0 saturated carbocycles. The van der Waals surface area contributed by atoms with E-state index in [1.807, 2.05) is 25.1 Å². The summed E-state index contributed by atoms with van der Waals surface area (Å²) in [6.07, 6.45) is 4.00. The van der Waals surface area contributed by atoms with Crippen LogP contribution < -0.4 is 10.1 Å². The van der Waals surface area contributed by atoms with E-state index in [9.17, 15) is 10.1 Å². The molecule has 2 aromatic heterocycles. The number of hydrogen-bond donors (Lipinski definition) is 1. The highest BCUT2D eigenvalue weighted by Gasteiger charge is 2.42. The quantitative estimate of drug-likeness (QED) is 0.283. The Labute approximate surface area is 215 Å². The Morgan fingerprint density at radius 2 is 2.11 bits per heavy atom. The first-order chi connectivity index (χ1) is 17.4. The van der Waals surface area contributed by atoms with Crippen molar-refractivity contribution < 1.29 is 14.4 Å². The summed E-state index contributed by atoms with van der Waals surface area (Å²) in [7, 11) is 1.53. The van der Waals surface area contributed by atoms with Crippen molar-refractivity contribution in [2.75, 3.05) is 20.3 Å². The maximum Gasteiger partial charge on any atom is 0.273 e. The van der Waals surface area contributed by atoms with E-state index in [2.05, 4.69) is 32.8 Å². The minimum atomic E-state index is -0.418. The van der Waals surface area contributed by atoms with Gasteiger partial charge in [0.2, 0.25) is 0 Å². The molecule has 9 nitrogen and oxygen atoms in total. The molecule has 2 aliphatic heterocycles. The predicted molar refractivity (Wildman–Crippen MR) is 140 cm³/mol. The van der Waals surface area contributed by atoms with Crippen LogP contribution >= 0.6 is 12.2 Å².